The molecule has 0 spiro atoms. The number of ether oxygens (including phenoxy) is 2. The molecular formula is C31H35ClN2O6. The normalized spacial score (nSPS) is 11.3. The molecule has 1 heterocycles. The van der Waals surface area contributed by atoms with Crippen LogP contribution in [0, 0.1) is 0 Å². The van der Waals surface area contributed by atoms with Crippen molar-refractivity contribution in [3.63, 3.8) is 0 Å². The summed E-state index contributed by atoms with van der Waals surface area (Å²) in [4.78, 5) is 26.8. The summed E-state index contributed by atoms with van der Waals surface area (Å²) >= 11 is 5.56. The summed E-state index contributed by atoms with van der Waals surface area (Å²) in [5, 5.41) is 13.6. The van der Waals surface area contributed by atoms with E-state index in [0.29, 0.717) is 47.1 Å². The molecule has 0 saturated carbocycles. The fraction of sp³-hybridized carbons (Fsp3) is 0.355. The lowest BCUT2D eigenvalue weighted by Crippen LogP contribution is -2.28. The number of para-hydroxylation sites is 1. The smallest absolute Gasteiger partial charge is 0.412 e. The van der Waals surface area contributed by atoms with Crippen LogP contribution in [0.5, 0.6) is 17.2 Å². The van der Waals surface area contributed by atoms with Crippen molar-refractivity contribution in [3.8, 4) is 17.2 Å². The van der Waals surface area contributed by atoms with Gasteiger partial charge in [0.15, 0.2) is 0 Å². The van der Waals surface area contributed by atoms with Gasteiger partial charge in [-0.2, -0.15) is 0 Å². The molecule has 0 unspecified atom stereocenters. The van der Waals surface area contributed by atoms with Crippen molar-refractivity contribution < 1.29 is 23.8 Å². The van der Waals surface area contributed by atoms with Crippen LogP contribution < -0.4 is 20.2 Å². The number of nitrogens with zero attached hydrogens (tertiary/aromatic N) is 1. The molecule has 1 aromatic heterocycles. The number of halogens is 1. The van der Waals surface area contributed by atoms with Gasteiger partial charge in [-0.3, -0.25) is 9.69 Å². The molecule has 0 aliphatic carbocycles. The standard InChI is InChI=1S/C31H35ClN2O6/c1-2-34(21-22-11-13-23(14-12-22)39-31(37)33-16-15-32)17-7-3-4-8-18-38-24-19-26(35)29-28(20-24)40-27-10-6-5-9-25(27)30(29)36/h5-6,9-14,19-20,35H,2-4,7-8,15-18,21H2,1H3,(H,33,37). The molecule has 2 N–H and O–H groups in total. The van der Waals surface area contributed by atoms with Gasteiger partial charge in [-0.15, -0.1) is 11.6 Å². The Balaban J connectivity index is 1.17. The Kier molecular flexibility index (Phi) is 10.7. The minimum atomic E-state index is -0.508. The summed E-state index contributed by atoms with van der Waals surface area (Å²) in [6.07, 6.45) is 3.55. The summed E-state index contributed by atoms with van der Waals surface area (Å²) in [5.74, 6) is 1.18. The van der Waals surface area contributed by atoms with Crippen molar-refractivity contribution in [2.24, 2.45) is 0 Å². The molecule has 0 bridgehead atoms. The number of aromatic hydroxyl groups is 1. The van der Waals surface area contributed by atoms with Crippen molar-refractivity contribution >= 4 is 39.6 Å². The van der Waals surface area contributed by atoms with Gasteiger partial charge >= 0.3 is 6.09 Å². The van der Waals surface area contributed by atoms with Crippen molar-refractivity contribution in [3.05, 3.63) is 76.5 Å². The first kappa shape index (κ1) is 29.2. The van der Waals surface area contributed by atoms with E-state index in [-0.39, 0.29) is 16.6 Å². The first-order valence-corrected chi connectivity index (χ1v) is 14.2. The highest BCUT2D eigenvalue weighted by molar-refractivity contribution is 6.18. The summed E-state index contributed by atoms with van der Waals surface area (Å²) in [6, 6.07) is 17.7. The zero-order chi connectivity index (χ0) is 28.3. The van der Waals surface area contributed by atoms with Crippen LogP contribution in [0.25, 0.3) is 21.9 Å². The van der Waals surface area contributed by atoms with Crippen molar-refractivity contribution in [1.29, 1.82) is 0 Å². The Morgan fingerprint density at radius 3 is 2.55 bits per heavy atom. The summed E-state index contributed by atoms with van der Waals surface area (Å²) in [6.45, 7) is 5.79. The number of nitrogens with one attached hydrogen (secondary N) is 1. The maximum atomic E-state index is 12.7. The third-order valence-corrected chi connectivity index (χ3v) is 6.81. The van der Waals surface area contributed by atoms with Gasteiger partial charge in [-0.25, -0.2) is 4.79 Å². The van der Waals surface area contributed by atoms with E-state index in [0.717, 1.165) is 50.9 Å². The van der Waals surface area contributed by atoms with Crippen LogP contribution in [0.2, 0.25) is 0 Å². The molecule has 0 fully saturated rings. The van der Waals surface area contributed by atoms with Gasteiger partial charge in [0.05, 0.1) is 12.0 Å². The fourth-order valence-corrected chi connectivity index (χ4v) is 4.60. The number of fused-ring (bicyclic) bond motifs is 2. The highest BCUT2D eigenvalue weighted by Gasteiger charge is 2.13. The van der Waals surface area contributed by atoms with E-state index in [1.54, 1.807) is 42.5 Å². The highest BCUT2D eigenvalue weighted by Crippen LogP contribution is 2.30. The third kappa shape index (κ3) is 7.90. The summed E-state index contributed by atoms with van der Waals surface area (Å²) < 4.78 is 16.9. The molecule has 8 nitrogen and oxygen atoms in total. The quantitative estimate of drug-likeness (QED) is 0.103. The maximum absolute atomic E-state index is 12.7. The van der Waals surface area contributed by atoms with Crippen LogP contribution in [-0.4, -0.2) is 48.2 Å². The molecule has 0 aliphatic rings. The average Bonchev–Trinajstić information content (AvgIpc) is 2.95. The molecule has 1 amide bonds. The SMILES string of the molecule is CCN(CCCCCCOc1cc(O)c2c(=O)c3ccccc3oc2c1)Cc1ccc(OC(=O)NCCCl)cc1. The van der Waals surface area contributed by atoms with E-state index in [9.17, 15) is 14.7 Å². The minimum Gasteiger partial charge on any atom is -0.507 e. The number of amides is 1. The van der Waals surface area contributed by atoms with Gasteiger partial charge in [0.1, 0.15) is 33.8 Å². The Hall–Kier alpha value is -3.75. The molecule has 4 rings (SSSR count). The first-order chi connectivity index (χ1) is 19.5. The summed E-state index contributed by atoms with van der Waals surface area (Å²) in [5.41, 5.74) is 1.70. The van der Waals surface area contributed by atoms with Crippen molar-refractivity contribution in [2.45, 2.75) is 39.2 Å². The number of hydrogen-bond acceptors (Lipinski definition) is 7. The Morgan fingerprint density at radius 2 is 1.77 bits per heavy atom. The third-order valence-electron chi connectivity index (χ3n) is 6.62. The van der Waals surface area contributed by atoms with E-state index < -0.39 is 6.09 Å². The van der Waals surface area contributed by atoms with E-state index in [2.05, 4.69) is 17.1 Å². The molecule has 3 aromatic carbocycles. The molecule has 0 radical (unpaired) electrons. The minimum absolute atomic E-state index is 0.137. The van der Waals surface area contributed by atoms with Crippen LogP contribution in [0.3, 0.4) is 0 Å². The van der Waals surface area contributed by atoms with Crippen LogP contribution in [0.15, 0.2) is 69.9 Å². The van der Waals surface area contributed by atoms with Crippen LogP contribution in [0.4, 0.5) is 4.79 Å². The molecular weight excluding hydrogens is 532 g/mol. The monoisotopic (exact) mass is 566 g/mol. The van der Waals surface area contributed by atoms with Gasteiger partial charge in [-0.05, 0) is 55.8 Å². The van der Waals surface area contributed by atoms with Crippen LogP contribution >= 0.6 is 11.6 Å². The van der Waals surface area contributed by atoms with E-state index in [1.807, 2.05) is 12.1 Å². The highest BCUT2D eigenvalue weighted by atomic mass is 35.5. The van der Waals surface area contributed by atoms with Crippen LogP contribution in [-0.2, 0) is 6.54 Å². The average molecular weight is 567 g/mol. The molecule has 212 valence electrons. The number of hydrogen-bond donors (Lipinski definition) is 2. The van der Waals surface area contributed by atoms with Gasteiger partial charge in [0.25, 0.3) is 0 Å². The number of carbonyl (C=O) groups excluding carboxylic acids is 1. The van der Waals surface area contributed by atoms with E-state index in [1.165, 1.54) is 6.07 Å². The van der Waals surface area contributed by atoms with Gasteiger partial charge in [0, 0.05) is 31.1 Å². The first-order valence-electron chi connectivity index (χ1n) is 13.6. The zero-order valence-electron chi connectivity index (χ0n) is 22.7. The maximum Gasteiger partial charge on any atom is 0.412 e. The van der Waals surface area contributed by atoms with E-state index in [4.69, 9.17) is 25.5 Å². The fourth-order valence-electron chi connectivity index (χ4n) is 4.51. The second kappa shape index (κ2) is 14.6. The number of phenols is 1. The van der Waals surface area contributed by atoms with Gasteiger partial charge in [0.2, 0.25) is 5.43 Å². The number of rotatable bonds is 14. The molecule has 0 atom stereocenters. The molecule has 40 heavy (non-hydrogen) atoms. The lowest BCUT2D eigenvalue weighted by atomic mass is 10.1. The number of alkyl halides is 1. The van der Waals surface area contributed by atoms with Crippen molar-refractivity contribution in [2.75, 3.05) is 32.1 Å². The van der Waals surface area contributed by atoms with E-state index >= 15 is 0 Å². The molecule has 0 saturated heterocycles. The second-order valence-corrected chi connectivity index (χ2v) is 9.90. The number of benzene rings is 3. The predicted molar refractivity (Wildman–Crippen MR) is 158 cm³/mol. The predicted octanol–water partition coefficient (Wildman–Crippen LogP) is 6.44. The Morgan fingerprint density at radius 1 is 1.00 bits per heavy atom. The molecule has 9 heteroatoms. The number of carbonyl (C=O) groups is 1. The number of unbranched alkanes of at least 4 members (excludes halogenated alkanes) is 3. The molecule has 4 aromatic rings. The second-order valence-electron chi connectivity index (χ2n) is 9.52. The summed E-state index contributed by atoms with van der Waals surface area (Å²) in [7, 11) is 0. The number of phenolic OH excluding ortho intramolecular Hbond substituents is 1. The largest absolute Gasteiger partial charge is 0.507 e. The lowest BCUT2D eigenvalue weighted by Gasteiger charge is -2.20. The zero-order valence-corrected chi connectivity index (χ0v) is 23.4. The van der Waals surface area contributed by atoms with Crippen molar-refractivity contribution in [1.82, 2.24) is 10.2 Å². The topological polar surface area (TPSA) is 101 Å². The lowest BCUT2D eigenvalue weighted by molar-refractivity contribution is 0.201. The Bertz CT molecular complexity index is 1470. The molecule has 0 aliphatic heterocycles. The van der Waals surface area contributed by atoms with Crippen LogP contribution in [0.1, 0.15) is 38.2 Å². The Labute approximate surface area is 238 Å². The van der Waals surface area contributed by atoms with Gasteiger partial charge < -0.3 is 24.3 Å². The van der Waals surface area contributed by atoms with Gasteiger partial charge in [-0.1, -0.05) is 44.0 Å².